The molecule has 0 radical (unpaired) electrons. The maximum Gasteiger partial charge on any atom is 0.206 e. The minimum Gasteiger partial charge on any atom is -0.493 e. The molecule has 0 saturated carbocycles. The Balaban J connectivity index is 2.04. The number of hydrogen-bond donors (Lipinski definition) is 0. The fourth-order valence-electron chi connectivity index (χ4n) is 2.65. The number of nitrogens with zero attached hydrogens (tertiary/aromatic N) is 3. The second-order valence-electron chi connectivity index (χ2n) is 5.77. The first-order valence-electron chi connectivity index (χ1n) is 8.80. The van der Waals surface area contributed by atoms with Crippen molar-refractivity contribution in [1.29, 1.82) is 0 Å². The van der Waals surface area contributed by atoms with Gasteiger partial charge in [0, 0.05) is 18.1 Å². The summed E-state index contributed by atoms with van der Waals surface area (Å²) < 4.78 is 28.6. The van der Waals surface area contributed by atoms with E-state index in [2.05, 4.69) is 10.1 Å². The Morgan fingerprint density at radius 1 is 1.10 bits per heavy atom. The van der Waals surface area contributed by atoms with Crippen molar-refractivity contribution >= 4 is 17.6 Å². The van der Waals surface area contributed by atoms with Gasteiger partial charge in [-0.2, -0.15) is 5.10 Å². The maximum atomic E-state index is 5.54. The van der Waals surface area contributed by atoms with Gasteiger partial charge in [0.25, 0.3) is 0 Å². The van der Waals surface area contributed by atoms with Gasteiger partial charge < -0.3 is 23.4 Å². The quantitative estimate of drug-likeness (QED) is 0.394. The smallest absolute Gasteiger partial charge is 0.206 e. The summed E-state index contributed by atoms with van der Waals surface area (Å²) in [6.07, 6.45) is 3.33. The van der Waals surface area contributed by atoms with Gasteiger partial charge in [-0.05, 0) is 24.3 Å². The summed E-state index contributed by atoms with van der Waals surface area (Å²) >= 11 is 1.48. The fourth-order valence-corrected chi connectivity index (χ4v) is 3.49. The Bertz CT molecular complexity index is 996. The van der Waals surface area contributed by atoms with Crippen LogP contribution in [0.3, 0.4) is 0 Å². The average molecular weight is 417 g/mol. The Morgan fingerprint density at radius 3 is 2.45 bits per heavy atom. The highest BCUT2D eigenvalue weighted by atomic mass is 32.1. The van der Waals surface area contributed by atoms with E-state index in [0.29, 0.717) is 36.2 Å². The lowest BCUT2D eigenvalue weighted by atomic mass is 10.2. The fraction of sp³-hybridized carbons (Fsp3) is 0.300. The Hall–Kier alpha value is -3.04. The third-order valence-corrected chi connectivity index (χ3v) is 4.86. The molecule has 0 spiro atoms. The predicted octanol–water partition coefficient (Wildman–Crippen LogP) is 3.26. The van der Waals surface area contributed by atoms with Gasteiger partial charge in [-0.1, -0.05) is 0 Å². The van der Waals surface area contributed by atoms with Gasteiger partial charge in [0.1, 0.15) is 5.69 Å². The number of hydrogen-bond acceptors (Lipinski definition) is 8. The Morgan fingerprint density at radius 2 is 1.86 bits per heavy atom. The maximum absolute atomic E-state index is 5.54. The third-order valence-electron chi connectivity index (χ3n) is 4.01. The van der Waals surface area contributed by atoms with Crippen molar-refractivity contribution in [3.63, 3.8) is 0 Å². The van der Waals surface area contributed by atoms with E-state index in [1.165, 1.54) is 11.3 Å². The number of ether oxygens (including phenoxy) is 4. The summed E-state index contributed by atoms with van der Waals surface area (Å²) in [7, 11) is 6.37. The summed E-state index contributed by atoms with van der Waals surface area (Å²) in [6.45, 7) is 1.07. The first-order chi connectivity index (χ1) is 14.2. The van der Waals surface area contributed by atoms with Crippen LogP contribution in [0.4, 0.5) is 0 Å². The average Bonchev–Trinajstić information content (AvgIpc) is 3.41. The van der Waals surface area contributed by atoms with E-state index in [4.69, 9.17) is 23.4 Å². The lowest BCUT2D eigenvalue weighted by Gasteiger charge is -2.12. The van der Waals surface area contributed by atoms with Crippen molar-refractivity contribution in [2.24, 2.45) is 10.1 Å². The third kappa shape index (κ3) is 4.69. The van der Waals surface area contributed by atoms with Crippen molar-refractivity contribution in [2.75, 3.05) is 41.6 Å². The summed E-state index contributed by atoms with van der Waals surface area (Å²) in [5, 5.41) is 6.59. The first kappa shape index (κ1) is 20.7. The van der Waals surface area contributed by atoms with Crippen molar-refractivity contribution in [2.45, 2.75) is 0 Å². The molecule has 0 aliphatic heterocycles. The predicted molar refractivity (Wildman–Crippen MR) is 111 cm³/mol. The molecule has 0 bridgehead atoms. The molecular formula is C20H23N3O5S. The van der Waals surface area contributed by atoms with E-state index in [1.807, 2.05) is 29.6 Å². The number of benzene rings is 1. The van der Waals surface area contributed by atoms with E-state index >= 15 is 0 Å². The van der Waals surface area contributed by atoms with Crippen LogP contribution in [0.2, 0.25) is 0 Å². The van der Waals surface area contributed by atoms with E-state index in [9.17, 15) is 0 Å². The zero-order chi connectivity index (χ0) is 20.6. The standard InChI is InChI=1S/C20H23N3O5S/c1-24-9-7-21-20-23(15(13-29-20)16-6-5-8-28-16)22-12-14-10-17(25-2)19(27-4)18(11-14)26-3/h5-6,8,10-13H,7,9H2,1-4H3/b21-20?,22-12+. The number of furan rings is 1. The second kappa shape index (κ2) is 9.94. The lowest BCUT2D eigenvalue weighted by Crippen LogP contribution is -2.13. The molecule has 2 aromatic heterocycles. The normalized spacial score (nSPS) is 11.9. The molecule has 1 aromatic carbocycles. The molecule has 0 aliphatic carbocycles. The van der Waals surface area contributed by atoms with Crippen molar-refractivity contribution in [1.82, 2.24) is 4.68 Å². The zero-order valence-electron chi connectivity index (χ0n) is 16.7. The highest BCUT2D eigenvalue weighted by Crippen LogP contribution is 2.37. The molecule has 0 saturated heterocycles. The van der Waals surface area contributed by atoms with Crippen LogP contribution in [-0.4, -0.2) is 52.5 Å². The van der Waals surface area contributed by atoms with Crippen LogP contribution in [0.5, 0.6) is 17.2 Å². The molecular weight excluding hydrogens is 394 g/mol. The van der Waals surface area contributed by atoms with Crippen molar-refractivity contribution in [3.8, 4) is 28.7 Å². The number of aromatic nitrogens is 1. The topological polar surface area (TPSA) is 79.7 Å². The molecule has 0 amide bonds. The van der Waals surface area contributed by atoms with Gasteiger partial charge in [0.2, 0.25) is 10.6 Å². The molecule has 8 nitrogen and oxygen atoms in total. The van der Waals surface area contributed by atoms with Crippen molar-refractivity contribution < 1.29 is 23.4 Å². The minimum atomic E-state index is 0.530. The molecule has 9 heteroatoms. The van der Waals surface area contributed by atoms with Crippen LogP contribution in [0, 0.1) is 0 Å². The van der Waals surface area contributed by atoms with Crippen LogP contribution < -0.4 is 19.0 Å². The minimum absolute atomic E-state index is 0.530. The molecule has 3 aromatic rings. The van der Waals surface area contributed by atoms with Crippen LogP contribution in [0.25, 0.3) is 11.5 Å². The van der Waals surface area contributed by atoms with Gasteiger partial charge in [0.15, 0.2) is 17.3 Å². The molecule has 29 heavy (non-hydrogen) atoms. The van der Waals surface area contributed by atoms with Crippen LogP contribution in [0.1, 0.15) is 5.56 Å². The van der Waals surface area contributed by atoms with Gasteiger partial charge in [0.05, 0.1) is 47.0 Å². The largest absolute Gasteiger partial charge is 0.493 e. The summed E-state index contributed by atoms with van der Waals surface area (Å²) in [6, 6.07) is 7.37. The summed E-state index contributed by atoms with van der Waals surface area (Å²) in [5.41, 5.74) is 1.59. The van der Waals surface area contributed by atoms with Crippen LogP contribution in [0.15, 0.2) is 50.4 Å². The van der Waals surface area contributed by atoms with Gasteiger partial charge in [-0.3, -0.25) is 4.99 Å². The van der Waals surface area contributed by atoms with Gasteiger partial charge in [-0.15, -0.1) is 11.3 Å². The van der Waals surface area contributed by atoms with Crippen molar-refractivity contribution in [3.05, 3.63) is 46.3 Å². The van der Waals surface area contributed by atoms with E-state index in [-0.39, 0.29) is 0 Å². The summed E-state index contributed by atoms with van der Waals surface area (Å²) in [5.74, 6) is 2.35. The number of thiazole rings is 1. The SMILES string of the molecule is COCCN=c1scc(-c2ccco2)n1/N=C/c1cc(OC)c(OC)c(OC)c1. The number of rotatable bonds is 9. The highest BCUT2D eigenvalue weighted by Gasteiger charge is 2.13. The molecule has 0 atom stereocenters. The molecule has 154 valence electrons. The molecule has 0 fully saturated rings. The molecule has 2 heterocycles. The van der Waals surface area contributed by atoms with E-state index in [0.717, 1.165) is 16.1 Å². The van der Waals surface area contributed by atoms with Crippen LogP contribution >= 0.6 is 11.3 Å². The molecule has 0 aliphatic rings. The molecule has 3 rings (SSSR count). The first-order valence-corrected chi connectivity index (χ1v) is 9.68. The Kier molecular flexibility index (Phi) is 7.09. The van der Waals surface area contributed by atoms with Gasteiger partial charge in [-0.25, -0.2) is 4.68 Å². The zero-order valence-corrected chi connectivity index (χ0v) is 17.6. The van der Waals surface area contributed by atoms with Crippen LogP contribution in [-0.2, 0) is 4.74 Å². The van der Waals surface area contributed by atoms with E-state index < -0.39 is 0 Å². The Labute approximate surface area is 172 Å². The molecule has 0 N–H and O–H groups in total. The molecule has 0 unspecified atom stereocenters. The van der Waals surface area contributed by atoms with Gasteiger partial charge >= 0.3 is 0 Å². The number of methoxy groups -OCH3 is 4. The highest BCUT2D eigenvalue weighted by molar-refractivity contribution is 7.07. The monoisotopic (exact) mass is 417 g/mol. The second-order valence-corrected chi connectivity index (χ2v) is 6.61. The lowest BCUT2D eigenvalue weighted by molar-refractivity contribution is 0.207. The summed E-state index contributed by atoms with van der Waals surface area (Å²) in [4.78, 5) is 5.30. The van der Waals surface area contributed by atoms with E-state index in [1.54, 1.807) is 45.6 Å².